The molecule has 1 aromatic carbocycles. The van der Waals surface area contributed by atoms with E-state index in [4.69, 9.17) is 11.1 Å². The van der Waals surface area contributed by atoms with E-state index in [9.17, 15) is 13.2 Å². The molecule has 7 heteroatoms. The van der Waals surface area contributed by atoms with Gasteiger partial charge in [-0.3, -0.25) is 5.41 Å². The molecule has 110 valence electrons. The molecule has 0 spiro atoms. The highest BCUT2D eigenvalue weighted by Gasteiger charge is 2.32. The highest BCUT2D eigenvalue weighted by molar-refractivity contribution is 5.98. The summed E-state index contributed by atoms with van der Waals surface area (Å²) in [7, 11) is 0. The number of nitrogens with one attached hydrogen (secondary N) is 1. The van der Waals surface area contributed by atoms with Crippen LogP contribution < -0.4 is 5.73 Å². The van der Waals surface area contributed by atoms with Crippen molar-refractivity contribution < 1.29 is 13.2 Å². The van der Waals surface area contributed by atoms with Gasteiger partial charge in [-0.25, -0.2) is 4.68 Å². The lowest BCUT2D eigenvalue weighted by Crippen LogP contribution is -2.17. The van der Waals surface area contributed by atoms with Crippen molar-refractivity contribution in [2.45, 2.75) is 24.9 Å². The number of rotatable bonds is 3. The zero-order valence-electron chi connectivity index (χ0n) is 11.0. The van der Waals surface area contributed by atoms with Gasteiger partial charge in [-0.1, -0.05) is 0 Å². The van der Waals surface area contributed by atoms with Crippen LogP contribution in [0.4, 0.5) is 13.2 Å². The lowest BCUT2D eigenvalue weighted by Gasteiger charge is -2.12. The highest BCUT2D eigenvalue weighted by atomic mass is 19.4. The van der Waals surface area contributed by atoms with Gasteiger partial charge in [-0.05, 0) is 37.1 Å². The average Bonchev–Trinajstić information content (AvgIpc) is 3.15. The normalized spacial score (nSPS) is 15.2. The van der Waals surface area contributed by atoms with E-state index in [1.807, 2.05) is 6.07 Å². The molecular weight excluding hydrogens is 281 g/mol. The van der Waals surface area contributed by atoms with Crippen molar-refractivity contribution in [3.05, 3.63) is 47.3 Å². The molecule has 1 aliphatic carbocycles. The molecule has 1 saturated carbocycles. The molecule has 0 bridgehead atoms. The summed E-state index contributed by atoms with van der Waals surface area (Å²) in [4.78, 5) is 0. The van der Waals surface area contributed by atoms with E-state index in [0.29, 0.717) is 11.6 Å². The zero-order chi connectivity index (χ0) is 15.2. The van der Waals surface area contributed by atoms with Crippen molar-refractivity contribution in [2.75, 3.05) is 0 Å². The fourth-order valence-electron chi connectivity index (χ4n) is 2.20. The number of halogens is 3. The predicted octanol–water partition coefficient (Wildman–Crippen LogP) is 3.05. The van der Waals surface area contributed by atoms with E-state index in [1.54, 1.807) is 6.20 Å². The number of benzene rings is 1. The molecule has 0 atom stereocenters. The number of hydrogen-bond acceptors (Lipinski definition) is 2. The Bertz CT molecular complexity index is 698. The number of nitrogens with zero attached hydrogens (tertiary/aromatic N) is 2. The molecule has 3 rings (SSSR count). The van der Waals surface area contributed by atoms with Crippen molar-refractivity contribution in [3.63, 3.8) is 0 Å². The summed E-state index contributed by atoms with van der Waals surface area (Å²) in [5, 5.41) is 11.9. The van der Waals surface area contributed by atoms with Crippen molar-refractivity contribution in [2.24, 2.45) is 5.73 Å². The first-order chi connectivity index (χ1) is 9.86. The SMILES string of the molecule is N=C(N)c1cc(C(F)(F)F)ccc1-n1ccc(C2CC2)n1. The first-order valence-corrected chi connectivity index (χ1v) is 6.48. The van der Waals surface area contributed by atoms with Gasteiger partial charge in [0.05, 0.1) is 16.9 Å². The lowest BCUT2D eigenvalue weighted by molar-refractivity contribution is -0.137. The van der Waals surface area contributed by atoms with Crippen LogP contribution in [-0.4, -0.2) is 15.6 Å². The topological polar surface area (TPSA) is 67.7 Å². The van der Waals surface area contributed by atoms with E-state index < -0.39 is 17.6 Å². The Hall–Kier alpha value is -2.31. The van der Waals surface area contributed by atoms with E-state index >= 15 is 0 Å². The van der Waals surface area contributed by atoms with Gasteiger partial charge in [0.1, 0.15) is 5.84 Å². The van der Waals surface area contributed by atoms with Crippen LogP contribution in [0.2, 0.25) is 0 Å². The van der Waals surface area contributed by atoms with Crippen LogP contribution in [-0.2, 0) is 6.18 Å². The van der Waals surface area contributed by atoms with Crippen LogP contribution in [0.25, 0.3) is 5.69 Å². The van der Waals surface area contributed by atoms with Crippen molar-refractivity contribution in [1.29, 1.82) is 5.41 Å². The van der Waals surface area contributed by atoms with E-state index in [0.717, 1.165) is 30.7 Å². The minimum absolute atomic E-state index is 0.0234. The summed E-state index contributed by atoms with van der Waals surface area (Å²) in [5.74, 6) is 0.0287. The molecule has 0 unspecified atom stereocenters. The molecule has 1 heterocycles. The third-order valence-corrected chi connectivity index (χ3v) is 3.47. The minimum atomic E-state index is -4.47. The predicted molar refractivity (Wildman–Crippen MR) is 71.6 cm³/mol. The maximum absolute atomic E-state index is 12.7. The molecular formula is C14H13F3N4. The van der Waals surface area contributed by atoms with Gasteiger partial charge in [-0.2, -0.15) is 18.3 Å². The summed E-state index contributed by atoms with van der Waals surface area (Å²) < 4.78 is 39.7. The van der Waals surface area contributed by atoms with Crippen LogP contribution in [0.1, 0.15) is 35.6 Å². The Kier molecular flexibility index (Phi) is 3.00. The molecule has 0 amide bonds. The minimum Gasteiger partial charge on any atom is -0.384 e. The fraction of sp³-hybridized carbons (Fsp3) is 0.286. The van der Waals surface area contributed by atoms with Crippen LogP contribution in [0.3, 0.4) is 0 Å². The molecule has 1 aliphatic rings. The third-order valence-electron chi connectivity index (χ3n) is 3.47. The molecule has 21 heavy (non-hydrogen) atoms. The van der Waals surface area contributed by atoms with Crippen molar-refractivity contribution in [1.82, 2.24) is 9.78 Å². The van der Waals surface area contributed by atoms with Crippen LogP contribution in [0.15, 0.2) is 30.5 Å². The van der Waals surface area contributed by atoms with Crippen LogP contribution >= 0.6 is 0 Å². The second kappa shape index (κ2) is 4.61. The Balaban J connectivity index is 2.06. The summed E-state index contributed by atoms with van der Waals surface area (Å²) in [5.41, 5.74) is 5.91. The second-order valence-corrected chi connectivity index (χ2v) is 5.10. The number of alkyl halides is 3. The fourth-order valence-corrected chi connectivity index (χ4v) is 2.20. The van der Waals surface area contributed by atoms with Crippen molar-refractivity contribution in [3.8, 4) is 5.69 Å². The summed E-state index contributed by atoms with van der Waals surface area (Å²) in [6.07, 6.45) is -0.609. The van der Waals surface area contributed by atoms with E-state index in [2.05, 4.69) is 5.10 Å². The number of amidine groups is 1. The van der Waals surface area contributed by atoms with Gasteiger partial charge in [0.25, 0.3) is 0 Å². The summed E-state index contributed by atoms with van der Waals surface area (Å²) in [6, 6.07) is 5.00. The number of aromatic nitrogens is 2. The maximum atomic E-state index is 12.7. The quantitative estimate of drug-likeness (QED) is 0.675. The number of nitrogens with two attached hydrogens (primary N) is 1. The number of nitrogen functional groups attached to an aromatic ring is 1. The van der Waals surface area contributed by atoms with E-state index in [1.165, 1.54) is 10.7 Å². The molecule has 3 N–H and O–H groups in total. The molecule has 0 radical (unpaired) electrons. The van der Waals surface area contributed by atoms with Gasteiger partial charge >= 0.3 is 6.18 Å². The van der Waals surface area contributed by atoms with Crippen LogP contribution in [0.5, 0.6) is 0 Å². The van der Waals surface area contributed by atoms with Gasteiger partial charge < -0.3 is 5.73 Å². The molecule has 0 aliphatic heterocycles. The maximum Gasteiger partial charge on any atom is 0.416 e. The molecule has 1 fully saturated rings. The molecule has 0 saturated heterocycles. The monoisotopic (exact) mass is 294 g/mol. The smallest absolute Gasteiger partial charge is 0.384 e. The Morgan fingerprint density at radius 3 is 2.57 bits per heavy atom. The van der Waals surface area contributed by atoms with Gasteiger partial charge in [0, 0.05) is 17.7 Å². The first-order valence-electron chi connectivity index (χ1n) is 6.48. The van der Waals surface area contributed by atoms with Gasteiger partial charge in [0.15, 0.2) is 0 Å². The van der Waals surface area contributed by atoms with E-state index in [-0.39, 0.29) is 5.56 Å². The average molecular weight is 294 g/mol. The highest BCUT2D eigenvalue weighted by Crippen LogP contribution is 2.39. The Morgan fingerprint density at radius 2 is 2.00 bits per heavy atom. The first kappa shape index (κ1) is 13.7. The molecule has 4 nitrogen and oxygen atoms in total. The second-order valence-electron chi connectivity index (χ2n) is 5.10. The largest absolute Gasteiger partial charge is 0.416 e. The Labute approximate surface area is 118 Å². The summed E-state index contributed by atoms with van der Waals surface area (Å²) in [6.45, 7) is 0. The summed E-state index contributed by atoms with van der Waals surface area (Å²) >= 11 is 0. The molecule has 1 aromatic heterocycles. The lowest BCUT2D eigenvalue weighted by atomic mass is 10.1. The standard InChI is InChI=1S/C14H13F3N4/c15-14(16,17)9-3-4-12(10(7-9)13(18)19)21-6-5-11(20-21)8-1-2-8/h3-8H,1-2H2,(H3,18,19). The van der Waals surface area contributed by atoms with Crippen LogP contribution in [0, 0.1) is 5.41 Å². The van der Waals surface area contributed by atoms with Crippen molar-refractivity contribution >= 4 is 5.84 Å². The number of hydrogen-bond donors (Lipinski definition) is 2. The Morgan fingerprint density at radius 1 is 1.29 bits per heavy atom. The van der Waals surface area contributed by atoms with Gasteiger partial charge in [-0.15, -0.1) is 0 Å². The van der Waals surface area contributed by atoms with Gasteiger partial charge in [0.2, 0.25) is 0 Å². The third kappa shape index (κ3) is 2.63. The molecule has 2 aromatic rings. The zero-order valence-corrected chi connectivity index (χ0v) is 11.0.